The summed E-state index contributed by atoms with van der Waals surface area (Å²) in [6.45, 7) is 2.40. The van der Waals surface area contributed by atoms with Crippen molar-refractivity contribution in [1.29, 1.82) is 0 Å². The van der Waals surface area contributed by atoms with Crippen molar-refractivity contribution in [1.82, 2.24) is 15.1 Å². The molecule has 6 nitrogen and oxygen atoms in total. The van der Waals surface area contributed by atoms with E-state index in [0.29, 0.717) is 32.0 Å². The quantitative estimate of drug-likeness (QED) is 0.735. The Bertz CT molecular complexity index is 862. The van der Waals surface area contributed by atoms with Crippen LogP contribution < -0.4 is 0 Å². The molecule has 0 aliphatic carbocycles. The van der Waals surface area contributed by atoms with E-state index >= 15 is 0 Å². The normalized spacial score (nSPS) is 18.2. The zero-order valence-corrected chi connectivity index (χ0v) is 13.8. The minimum atomic E-state index is -0.0925. The molecule has 1 atom stereocenters. The Morgan fingerprint density at radius 1 is 1.28 bits per heavy atom. The van der Waals surface area contributed by atoms with Gasteiger partial charge in [0.2, 0.25) is 0 Å². The van der Waals surface area contributed by atoms with Gasteiger partial charge in [-0.2, -0.15) is 5.10 Å². The van der Waals surface area contributed by atoms with Gasteiger partial charge in [0, 0.05) is 30.6 Å². The lowest BCUT2D eigenvalue weighted by atomic mass is 9.99. The maximum absolute atomic E-state index is 12.6. The van der Waals surface area contributed by atoms with Gasteiger partial charge in [-0.15, -0.1) is 5.10 Å². The van der Waals surface area contributed by atoms with Gasteiger partial charge >= 0.3 is 0 Å². The highest BCUT2D eigenvalue weighted by Crippen LogP contribution is 2.21. The van der Waals surface area contributed by atoms with Crippen molar-refractivity contribution >= 4 is 16.9 Å². The summed E-state index contributed by atoms with van der Waals surface area (Å²) < 4.78 is 11.2. The smallest absolute Gasteiger partial charge is 0.274 e. The number of aromatic nitrogens is 2. The van der Waals surface area contributed by atoms with Crippen molar-refractivity contribution in [3.05, 3.63) is 60.1 Å². The Kier molecular flexibility index (Phi) is 4.43. The van der Waals surface area contributed by atoms with Gasteiger partial charge in [0.25, 0.3) is 5.91 Å². The molecular formula is C19H19N3O3. The summed E-state index contributed by atoms with van der Waals surface area (Å²) in [5.74, 6) is 0.139. The van der Waals surface area contributed by atoms with Crippen LogP contribution in [0.5, 0.6) is 0 Å². The van der Waals surface area contributed by atoms with Gasteiger partial charge in [-0.3, -0.25) is 4.79 Å². The first-order valence-corrected chi connectivity index (χ1v) is 8.40. The monoisotopic (exact) mass is 337 g/mol. The summed E-state index contributed by atoms with van der Waals surface area (Å²) in [7, 11) is 0. The Labute approximate surface area is 145 Å². The van der Waals surface area contributed by atoms with E-state index in [0.717, 1.165) is 17.4 Å². The minimum absolute atomic E-state index is 0.0925. The maximum atomic E-state index is 12.6. The number of hydrogen-bond acceptors (Lipinski definition) is 5. The molecule has 1 saturated heterocycles. The third kappa shape index (κ3) is 3.53. The van der Waals surface area contributed by atoms with Gasteiger partial charge in [0.05, 0.1) is 19.5 Å². The highest BCUT2D eigenvalue weighted by molar-refractivity contribution is 5.92. The maximum Gasteiger partial charge on any atom is 0.274 e. The summed E-state index contributed by atoms with van der Waals surface area (Å²) in [6.07, 6.45) is 4.10. The first-order chi connectivity index (χ1) is 12.3. The fourth-order valence-electron chi connectivity index (χ4n) is 3.23. The molecule has 1 amide bonds. The molecule has 128 valence electrons. The number of hydrogen-bond donors (Lipinski definition) is 0. The fraction of sp³-hybridized carbons (Fsp3) is 0.316. The summed E-state index contributed by atoms with van der Waals surface area (Å²) in [6, 6.07) is 11.6. The van der Waals surface area contributed by atoms with Gasteiger partial charge in [0.1, 0.15) is 5.58 Å². The fourth-order valence-corrected chi connectivity index (χ4v) is 3.23. The molecule has 0 N–H and O–H groups in total. The Balaban J connectivity index is 1.48. The zero-order chi connectivity index (χ0) is 17.1. The lowest BCUT2D eigenvalue weighted by Crippen LogP contribution is -2.37. The van der Waals surface area contributed by atoms with E-state index in [1.807, 2.05) is 11.0 Å². The first kappa shape index (κ1) is 15.8. The molecular weight excluding hydrogens is 318 g/mol. The zero-order valence-electron chi connectivity index (χ0n) is 13.8. The lowest BCUT2D eigenvalue weighted by Gasteiger charge is -2.23. The molecule has 4 rings (SSSR count). The van der Waals surface area contributed by atoms with Crippen molar-refractivity contribution in [3.63, 3.8) is 0 Å². The molecule has 0 radical (unpaired) electrons. The molecule has 1 aliphatic rings. The predicted molar refractivity (Wildman–Crippen MR) is 92.2 cm³/mol. The van der Waals surface area contributed by atoms with Crippen molar-refractivity contribution < 1.29 is 13.9 Å². The standard InChI is InChI=1S/C19H19N3O3/c23-19(17-2-1-6-20-21-17)22-7-9-24-13-15(12-22)10-14-3-4-16-5-8-25-18(16)11-14/h1-6,8,11,15H,7,9-10,12-13H2/t15-/m1/s1. The topological polar surface area (TPSA) is 68.5 Å². The van der Waals surface area contributed by atoms with Crippen molar-refractivity contribution in [2.45, 2.75) is 6.42 Å². The van der Waals surface area contributed by atoms with Crippen LogP contribution in [0.15, 0.2) is 53.3 Å². The third-order valence-corrected chi connectivity index (χ3v) is 4.46. The molecule has 25 heavy (non-hydrogen) atoms. The number of nitrogens with zero attached hydrogens (tertiary/aromatic N) is 3. The summed E-state index contributed by atoms with van der Waals surface area (Å²) in [5.41, 5.74) is 2.45. The number of ether oxygens (including phenoxy) is 1. The van der Waals surface area contributed by atoms with Gasteiger partial charge in [0.15, 0.2) is 5.69 Å². The molecule has 6 heteroatoms. The number of carbonyl (C=O) groups is 1. The van der Waals surface area contributed by atoms with Gasteiger partial charge < -0.3 is 14.1 Å². The first-order valence-electron chi connectivity index (χ1n) is 8.40. The van der Waals surface area contributed by atoms with Crippen LogP contribution >= 0.6 is 0 Å². The molecule has 1 aromatic carbocycles. The van der Waals surface area contributed by atoms with E-state index in [1.165, 1.54) is 5.56 Å². The highest BCUT2D eigenvalue weighted by Gasteiger charge is 2.24. The molecule has 3 aromatic rings. The van der Waals surface area contributed by atoms with E-state index in [1.54, 1.807) is 24.6 Å². The number of furan rings is 1. The summed E-state index contributed by atoms with van der Waals surface area (Å²) >= 11 is 0. The van der Waals surface area contributed by atoms with E-state index in [2.05, 4.69) is 28.4 Å². The summed E-state index contributed by atoms with van der Waals surface area (Å²) in [4.78, 5) is 14.5. The van der Waals surface area contributed by atoms with Crippen LogP contribution in [-0.2, 0) is 11.2 Å². The number of carbonyl (C=O) groups excluding carboxylic acids is 1. The Morgan fingerprint density at radius 2 is 2.24 bits per heavy atom. The van der Waals surface area contributed by atoms with E-state index in [-0.39, 0.29) is 11.8 Å². The van der Waals surface area contributed by atoms with Crippen molar-refractivity contribution in [2.24, 2.45) is 5.92 Å². The van der Waals surface area contributed by atoms with Gasteiger partial charge in [-0.25, -0.2) is 0 Å². The third-order valence-electron chi connectivity index (χ3n) is 4.46. The van der Waals surface area contributed by atoms with Crippen LogP contribution in [0.2, 0.25) is 0 Å². The predicted octanol–water partition coefficient (Wildman–Crippen LogP) is 2.55. The van der Waals surface area contributed by atoms with E-state index < -0.39 is 0 Å². The second-order valence-corrected chi connectivity index (χ2v) is 6.30. The number of rotatable bonds is 3. The van der Waals surface area contributed by atoms with Gasteiger partial charge in [-0.05, 0) is 36.2 Å². The molecule has 0 spiro atoms. The van der Waals surface area contributed by atoms with E-state index in [9.17, 15) is 4.79 Å². The van der Waals surface area contributed by atoms with Crippen LogP contribution in [0.4, 0.5) is 0 Å². The molecule has 0 unspecified atom stereocenters. The van der Waals surface area contributed by atoms with Crippen molar-refractivity contribution in [2.75, 3.05) is 26.3 Å². The average Bonchev–Trinajstić information content (AvgIpc) is 2.99. The van der Waals surface area contributed by atoms with E-state index in [4.69, 9.17) is 9.15 Å². The Hall–Kier alpha value is -2.73. The molecule has 3 heterocycles. The molecule has 0 saturated carbocycles. The molecule has 1 fully saturated rings. The minimum Gasteiger partial charge on any atom is -0.464 e. The highest BCUT2D eigenvalue weighted by atomic mass is 16.5. The number of benzene rings is 1. The van der Waals surface area contributed by atoms with Crippen LogP contribution in [0.1, 0.15) is 16.1 Å². The van der Waals surface area contributed by atoms with Crippen LogP contribution in [0.25, 0.3) is 11.0 Å². The van der Waals surface area contributed by atoms with Gasteiger partial charge in [-0.1, -0.05) is 12.1 Å². The second-order valence-electron chi connectivity index (χ2n) is 6.30. The van der Waals surface area contributed by atoms with Crippen LogP contribution in [-0.4, -0.2) is 47.3 Å². The molecule has 2 aromatic heterocycles. The van der Waals surface area contributed by atoms with Crippen molar-refractivity contribution in [3.8, 4) is 0 Å². The van der Waals surface area contributed by atoms with Crippen LogP contribution in [0.3, 0.4) is 0 Å². The number of amides is 1. The Morgan fingerprint density at radius 3 is 3.12 bits per heavy atom. The molecule has 0 bridgehead atoms. The van der Waals surface area contributed by atoms with Crippen LogP contribution in [0, 0.1) is 5.92 Å². The summed E-state index contributed by atoms with van der Waals surface area (Å²) in [5, 5.41) is 8.82. The lowest BCUT2D eigenvalue weighted by molar-refractivity contribution is 0.0730. The largest absolute Gasteiger partial charge is 0.464 e. The SMILES string of the molecule is O=C(c1cccnn1)N1CCOC[C@H](Cc2ccc3ccoc3c2)C1. The molecule has 1 aliphatic heterocycles. The second kappa shape index (κ2) is 7.03. The number of fused-ring (bicyclic) bond motifs is 1. The average molecular weight is 337 g/mol.